The van der Waals surface area contributed by atoms with Gasteiger partial charge in [0.15, 0.2) is 0 Å². The van der Waals surface area contributed by atoms with E-state index in [4.69, 9.17) is 14.2 Å². The number of H-pyrrole nitrogens is 1. The van der Waals surface area contributed by atoms with Gasteiger partial charge in [-0.3, -0.25) is 4.79 Å². The van der Waals surface area contributed by atoms with E-state index in [0.717, 1.165) is 31.1 Å². The fraction of sp³-hybridized carbons (Fsp3) is 0.660. The fourth-order valence-electron chi connectivity index (χ4n) is 8.67. The number of para-hydroxylation sites is 1. The zero-order valence-electron chi connectivity index (χ0n) is 39.1. The Morgan fingerprint density at radius 3 is 2.41 bits per heavy atom. The van der Waals surface area contributed by atoms with Crippen LogP contribution >= 0.6 is 0 Å². The van der Waals surface area contributed by atoms with Gasteiger partial charge in [0, 0.05) is 24.4 Å². The standard InChI is InChI=1S/C47H66IN6O11S/c1-9-35-47(48-35,41(58)52-66(61,62)46(8)21-22-46)51-39(56)33-20-15-23-54(33)40(57)37(44(2,3)4)50-42(59)64-34-24-29(34)16-11-10-12-18-31-36(30-17-13-14-19-32(30)49-38(31)55)63-27-28-25-53(26-28)43(60)65-45(5,6)7/h9,13-14,17,19,28-29,33-35,37H,1,10-12,15-16,18,20-27H2,2-8H3,(H,49,55)(H,50,59)(H,51,56)(H,52,58)/q-1/t29-,33+,34?,35+,37-,47-/m1/s1. The Kier molecular flexibility index (Phi) is 14.2. The third-order valence-corrected chi connectivity index (χ3v) is 19.2. The molecule has 19 heteroatoms. The van der Waals surface area contributed by atoms with E-state index in [1.54, 1.807) is 17.9 Å². The summed E-state index contributed by atoms with van der Waals surface area (Å²) < 4.78 is 42.9. The van der Waals surface area contributed by atoms with E-state index in [-0.39, 0.29) is 40.1 Å². The molecule has 3 saturated heterocycles. The summed E-state index contributed by atoms with van der Waals surface area (Å²) in [5.74, 6) is -0.868. The zero-order valence-corrected chi connectivity index (χ0v) is 42.1. The summed E-state index contributed by atoms with van der Waals surface area (Å²) in [7, 11) is -3.93. The van der Waals surface area contributed by atoms with E-state index >= 15 is 0 Å². The van der Waals surface area contributed by atoms with Crippen LogP contribution in [-0.2, 0) is 40.3 Å². The molecule has 1 aromatic carbocycles. The molecule has 5 amide bonds. The molecule has 4 N–H and O–H groups in total. The van der Waals surface area contributed by atoms with E-state index in [0.29, 0.717) is 75.1 Å². The maximum absolute atomic E-state index is 14.2. The summed E-state index contributed by atoms with van der Waals surface area (Å²) in [6.07, 6.45) is 6.53. The van der Waals surface area contributed by atoms with Crippen LogP contribution in [0.3, 0.4) is 0 Å². The van der Waals surface area contributed by atoms with Crippen molar-refractivity contribution in [1.82, 2.24) is 30.1 Å². The van der Waals surface area contributed by atoms with Crippen LogP contribution in [0.25, 0.3) is 10.9 Å². The first-order valence-corrected chi connectivity index (χ1v) is 26.9. The Hall–Kier alpha value is -4.40. The van der Waals surface area contributed by atoms with Crippen LogP contribution < -0.4 is 46.9 Å². The average molecular weight is 1050 g/mol. The normalized spacial score (nSPS) is 25.1. The molecule has 0 bridgehead atoms. The summed E-state index contributed by atoms with van der Waals surface area (Å²) in [4.78, 5) is 86.6. The average Bonchev–Trinajstić information content (AvgIpc) is 4.18. The summed E-state index contributed by atoms with van der Waals surface area (Å²) >= 11 is -0.985. The Labute approximate surface area is 397 Å². The molecule has 4 heterocycles. The second-order valence-corrected chi connectivity index (χ2v) is 26.7. The number of amides is 5. The number of sulfonamides is 1. The number of likely N-dealkylation sites (tertiary alicyclic amines) is 2. The number of alkyl halides is 2. The Morgan fingerprint density at radius 1 is 1.05 bits per heavy atom. The number of carbonyl (C=O) groups is 5. The number of unbranched alkanes of at least 4 members (excludes halogenated alkanes) is 2. The van der Waals surface area contributed by atoms with Crippen LogP contribution in [0.2, 0.25) is 0 Å². The number of fused-ring (bicyclic) bond motifs is 1. The van der Waals surface area contributed by atoms with Crippen molar-refractivity contribution in [3.8, 4) is 5.75 Å². The molecule has 0 radical (unpaired) electrons. The molecule has 364 valence electrons. The van der Waals surface area contributed by atoms with E-state index in [2.05, 4.69) is 26.9 Å². The molecule has 2 aromatic rings. The van der Waals surface area contributed by atoms with Crippen molar-refractivity contribution in [2.24, 2.45) is 17.3 Å². The number of nitrogens with zero attached hydrogens (tertiary/aromatic N) is 2. The van der Waals surface area contributed by atoms with E-state index in [1.165, 1.54) is 4.90 Å². The first-order valence-electron chi connectivity index (χ1n) is 23.1. The van der Waals surface area contributed by atoms with Crippen LogP contribution in [-0.4, -0.2) is 115 Å². The van der Waals surface area contributed by atoms with Crippen LogP contribution in [0.15, 0.2) is 41.7 Å². The number of halogens is 1. The summed E-state index contributed by atoms with van der Waals surface area (Å²) in [6.45, 7) is 18.0. The Bertz CT molecular complexity index is 2400. The number of benzene rings is 1. The minimum absolute atomic E-state index is 0.122. The van der Waals surface area contributed by atoms with Gasteiger partial charge >= 0.3 is 234 Å². The maximum atomic E-state index is 14.2. The molecular formula is C47H66IN6O11S-. The number of aromatic nitrogens is 1. The Morgan fingerprint density at radius 2 is 1.76 bits per heavy atom. The fourth-order valence-corrected chi connectivity index (χ4v) is 12.8. The van der Waals surface area contributed by atoms with Crippen LogP contribution in [0.5, 0.6) is 5.75 Å². The number of aromatic amines is 1. The van der Waals surface area contributed by atoms with E-state index in [9.17, 15) is 37.2 Å². The van der Waals surface area contributed by atoms with Crippen LogP contribution in [0.4, 0.5) is 9.59 Å². The summed E-state index contributed by atoms with van der Waals surface area (Å²) in [6, 6.07) is 5.64. The molecule has 17 nitrogen and oxygen atoms in total. The molecule has 1 unspecified atom stereocenters. The number of hydrogen-bond donors (Lipinski definition) is 4. The molecule has 0 spiro atoms. The van der Waals surface area contributed by atoms with Gasteiger partial charge in [0.2, 0.25) is 0 Å². The van der Waals surface area contributed by atoms with Crippen molar-refractivity contribution in [1.29, 1.82) is 0 Å². The van der Waals surface area contributed by atoms with Gasteiger partial charge in [-0.2, -0.15) is 0 Å². The van der Waals surface area contributed by atoms with Crippen LogP contribution in [0.1, 0.15) is 112 Å². The molecule has 2 saturated carbocycles. The molecule has 7 rings (SSSR count). The van der Waals surface area contributed by atoms with Gasteiger partial charge in [0.1, 0.15) is 11.4 Å². The quantitative estimate of drug-likeness (QED) is 0.0555. The van der Waals surface area contributed by atoms with Gasteiger partial charge in [-0.1, -0.05) is 25.0 Å². The number of alkyl carbamates (subject to hydrolysis) is 1. The molecule has 66 heavy (non-hydrogen) atoms. The van der Waals surface area contributed by atoms with Crippen molar-refractivity contribution in [2.45, 2.75) is 149 Å². The molecule has 1 aromatic heterocycles. The minimum atomic E-state index is -3.93. The van der Waals surface area contributed by atoms with E-state index < -0.39 is 86.4 Å². The molecule has 3 aliphatic heterocycles. The third-order valence-electron chi connectivity index (χ3n) is 13.2. The van der Waals surface area contributed by atoms with Crippen LogP contribution in [0, 0.1) is 17.3 Å². The first-order chi connectivity index (χ1) is 30.9. The third kappa shape index (κ3) is 11.1. The number of ether oxygens (including phenoxy) is 3. The van der Waals surface area contributed by atoms with Gasteiger partial charge in [0.25, 0.3) is 5.56 Å². The van der Waals surface area contributed by atoms with Gasteiger partial charge in [-0.25, -0.2) is 4.79 Å². The molecular weight excluding hydrogens is 984 g/mol. The number of nitrogens with one attached hydrogen (secondary N) is 4. The topological polar surface area (TPSA) is 223 Å². The predicted octanol–water partition coefficient (Wildman–Crippen LogP) is 1.87. The van der Waals surface area contributed by atoms with E-state index in [1.807, 2.05) is 65.8 Å². The van der Waals surface area contributed by atoms with Crippen molar-refractivity contribution in [3.63, 3.8) is 0 Å². The second kappa shape index (κ2) is 18.9. The number of carbonyl (C=O) groups excluding carboxylic acids is 5. The zero-order chi connectivity index (χ0) is 48.0. The monoisotopic (exact) mass is 1050 g/mol. The van der Waals surface area contributed by atoms with Crippen molar-refractivity contribution < 1.29 is 67.8 Å². The van der Waals surface area contributed by atoms with Gasteiger partial charge in [-0.15, -0.1) is 0 Å². The Balaban J connectivity index is 0.870. The second-order valence-electron chi connectivity index (χ2n) is 20.9. The molecule has 5 aliphatic rings. The summed E-state index contributed by atoms with van der Waals surface area (Å²) in [5, 5.41) is 6.46. The molecule has 2 aliphatic carbocycles. The first kappa shape index (κ1) is 49.5. The van der Waals surface area contributed by atoms with Crippen molar-refractivity contribution in [3.05, 3.63) is 52.8 Å². The molecule has 5 fully saturated rings. The summed E-state index contributed by atoms with van der Waals surface area (Å²) in [5.41, 5.74) is -0.205. The van der Waals surface area contributed by atoms with Gasteiger partial charge in [0.05, 0.1) is 17.7 Å². The SMILES string of the molecule is C=C[C@@H]1[I-][C@]1(NC(=O)[C@@H]1CCCN1C(=O)[C@@H](NC(=O)OC1C[C@H]1CCCCCc1c(OCC2CN(C(=O)OC(C)(C)C)C2)c2ccccc2[nH]c1=O)C(C)(C)C)C(=O)NS(=O)(=O)C1(C)CC1. The molecule has 6 atom stereocenters. The number of rotatable bonds is 18. The van der Waals surface area contributed by atoms with Gasteiger partial charge in [-0.05, 0) is 52.2 Å². The number of pyridine rings is 1. The number of hydrogen-bond acceptors (Lipinski definition) is 11. The van der Waals surface area contributed by atoms with Crippen molar-refractivity contribution in [2.75, 3.05) is 26.2 Å². The predicted molar refractivity (Wildman–Crippen MR) is 243 cm³/mol. The van der Waals surface area contributed by atoms with Crippen molar-refractivity contribution >= 4 is 50.8 Å². The van der Waals surface area contributed by atoms with Gasteiger partial charge < -0.3 is 19.4 Å².